The number of nitrogens with zero attached hydrogens (tertiary/aromatic N) is 2. The summed E-state index contributed by atoms with van der Waals surface area (Å²) in [5.41, 5.74) is 3.81. The molecule has 0 saturated heterocycles. The number of nitrogens with one attached hydrogen (secondary N) is 1. The van der Waals surface area contributed by atoms with Gasteiger partial charge in [-0.05, 0) is 38.5 Å². The lowest BCUT2D eigenvalue weighted by Gasteiger charge is -2.18. The van der Waals surface area contributed by atoms with Crippen LogP contribution in [-0.4, -0.2) is 16.6 Å². The zero-order valence-electron chi connectivity index (χ0n) is 12.1. The summed E-state index contributed by atoms with van der Waals surface area (Å²) in [5.74, 6) is 8.24. The second-order valence-corrected chi connectivity index (χ2v) is 5.88. The van der Waals surface area contributed by atoms with E-state index in [0.717, 1.165) is 11.5 Å². The number of aromatic nitrogens is 2. The van der Waals surface area contributed by atoms with Gasteiger partial charge in [-0.2, -0.15) is 0 Å². The van der Waals surface area contributed by atoms with E-state index >= 15 is 0 Å². The first-order valence-electron chi connectivity index (χ1n) is 7.79. The van der Waals surface area contributed by atoms with Gasteiger partial charge in [-0.3, -0.25) is 0 Å². The minimum atomic E-state index is 0.0356. The molecule has 20 heavy (non-hydrogen) atoms. The van der Waals surface area contributed by atoms with Crippen molar-refractivity contribution in [2.75, 3.05) is 12.0 Å². The molecule has 5 heteroatoms. The molecule has 1 heterocycles. The summed E-state index contributed by atoms with van der Waals surface area (Å²) in [4.78, 5) is 9.34. The summed E-state index contributed by atoms with van der Waals surface area (Å²) in [7, 11) is 0. The second-order valence-electron chi connectivity index (χ2n) is 5.88. The van der Waals surface area contributed by atoms with Gasteiger partial charge in [0.25, 0.3) is 0 Å². The van der Waals surface area contributed by atoms with Crippen LogP contribution in [0.5, 0.6) is 0 Å². The molecule has 3 rings (SSSR count). The molecule has 0 radical (unpaired) electrons. The minimum Gasteiger partial charge on any atom is -0.370 e. The van der Waals surface area contributed by atoms with Gasteiger partial charge in [0.2, 0.25) is 0 Å². The summed E-state index contributed by atoms with van der Waals surface area (Å²) in [6.45, 7) is 2.72. The molecule has 2 saturated carbocycles. The molecule has 0 bridgehead atoms. The number of hydrogen-bond acceptors (Lipinski definition) is 5. The average Bonchev–Trinajstić information content (AvgIpc) is 3.17. The molecule has 0 aliphatic heterocycles. The normalized spacial score (nSPS) is 21.1. The summed E-state index contributed by atoms with van der Waals surface area (Å²) in [6.07, 6.45) is 7.51. The van der Waals surface area contributed by atoms with Crippen LogP contribution in [0.25, 0.3) is 0 Å². The van der Waals surface area contributed by atoms with Crippen molar-refractivity contribution < 1.29 is 4.74 Å². The highest BCUT2D eigenvalue weighted by Gasteiger charge is 2.35. The number of nitrogens with two attached hydrogens (primary N) is 1. The predicted octanol–water partition coefficient (Wildman–Crippen LogP) is 2.91. The molecule has 0 aromatic carbocycles. The lowest BCUT2D eigenvalue weighted by molar-refractivity contribution is 0.0399. The van der Waals surface area contributed by atoms with Gasteiger partial charge < -0.3 is 10.2 Å². The molecule has 1 aromatic rings. The maximum Gasteiger partial charge on any atom is 0.160 e. The van der Waals surface area contributed by atoms with Crippen LogP contribution in [0.2, 0.25) is 0 Å². The topological polar surface area (TPSA) is 73.1 Å². The second kappa shape index (κ2) is 6.06. The minimum absolute atomic E-state index is 0.0356. The van der Waals surface area contributed by atoms with Gasteiger partial charge in [-0.15, -0.1) is 0 Å². The molecular weight excluding hydrogens is 252 g/mol. The maximum absolute atomic E-state index is 5.88. The summed E-state index contributed by atoms with van der Waals surface area (Å²) in [6, 6.07) is 2.00. The van der Waals surface area contributed by atoms with E-state index in [4.69, 9.17) is 15.6 Å². The van der Waals surface area contributed by atoms with Crippen LogP contribution in [-0.2, 0) is 4.74 Å². The SMILES string of the molecule is CCOC(c1nc(NN)cc(C2CCCC2)n1)C1CC1. The van der Waals surface area contributed by atoms with Crippen LogP contribution in [0.1, 0.15) is 69.0 Å². The Labute approximate surface area is 120 Å². The number of hydrazine groups is 1. The standard InChI is InChI=1S/C15H24N4O/c1-2-20-14(11-7-8-11)15-17-12(9-13(18-15)19-16)10-5-3-4-6-10/h9-11,14H,2-8,16H2,1H3,(H,17,18,19). The maximum atomic E-state index is 5.88. The predicted molar refractivity (Wildman–Crippen MR) is 78.1 cm³/mol. The van der Waals surface area contributed by atoms with Crippen molar-refractivity contribution in [1.82, 2.24) is 9.97 Å². The van der Waals surface area contributed by atoms with Gasteiger partial charge in [-0.1, -0.05) is 12.8 Å². The molecule has 2 aliphatic rings. The Morgan fingerprint density at radius 2 is 2.05 bits per heavy atom. The molecule has 1 aromatic heterocycles. The zero-order chi connectivity index (χ0) is 13.9. The van der Waals surface area contributed by atoms with Crippen LogP contribution in [0.3, 0.4) is 0 Å². The van der Waals surface area contributed by atoms with Crippen molar-refractivity contribution >= 4 is 5.82 Å². The van der Waals surface area contributed by atoms with Gasteiger partial charge in [0.1, 0.15) is 11.9 Å². The van der Waals surface area contributed by atoms with Gasteiger partial charge >= 0.3 is 0 Å². The van der Waals surface area contributed by atoms with Crippen LogP contribution in [0.4, 0.5) is 5.82 Å². The van der Waals surface area contributed by atoms with Crippen LogP contribution in [0.15, 0.2) is 6.07 Å². The van der Waals surface area contributed by atoms with Crippen molar-refractivity contribution in [2.45, 2.75) is 57.5 Å². The Morgan fingerprint density at radius 3 is 2.65 bits per heavy atom. The van der Waals surface area contributed by atoms with Gasteiger partial charge in [0.05, 0.1) is 0 Å². The lowest BCUT2D eigenvalue weighted by atomic mass is 10.0. The largest absolute Gasteiger partial charge is 0.370 e. The molecule has 2 fully saturated rings. The van der Waals surface area contributed by atoms with E-state index in [-0.39, 0.29) is 6.10 Å². The third-order valence-corrected chi connectivity index (χ3v) is 4.34. The van der Waals surface area contributed by atoms with Crippen LogP contribution >= 0.6 is 0 Å². The highest BCUT2D eigenvalue weighted by molar-refractivity contribution is 5.36. The molecule has 110 valence electrons. The first kappa shape index (κ1) is 13.8. The average molecular weight is 276 g/mol. The van der Waals surface area contributed by atoms with E-state index < -0.39 is 0 Å². The highest BCUT2D eigenvalue weighted by Crippen LogP contribution is 2.43. The highest BCUT2D eigenvalue weighted by atomic mass is 16.5. The summed E-state index contributed by atoms with van der Waals surface area (Å²) in [5, 5.41) is 0. The molecule has 5 nitrogen and oxygen atoms in total. The summed E-state index contributed by atoms with van der Waals surface area (Å²) < 4.78 is 5.88. The van der Waals surface area contributed by atoms with Crippen molar-refractivity contribution in [1.29, 1.82) is 0 Å². The van der Waals surface area contributed by atoms with Crippen molar-refractivity contribution in [2.24, 2.45) is 11.8 Å². The number of nitrogen functional groups attached to an aromatic ring is 1. The molecule has 3 N–H and O–H groups in total. The monoisotopic (exact) mass is 276 g/mol. The fourth-order valence-electron chi connectivity index (χ4n) is 3.12. The fraction of sp³-hybridized carbons (Fsp3) is 0.733. The van der Waals surface area contributed by atoms with E-state index in [1.807, 2.05) is 13.0 Å². The third-order valence-electron chi connectivity index (χ3n) is 4.34. The van der Waals surface area contributed by atoms with Crippen LogP contribution < -0.4 is 11.3 Å². The Balaban J connectivity index is 1.89. The Bertz CT molecular complexity index is 455. The summed E-state index contributed by atoms with van der Waals surface area (Å²) >= 11 is 0. The Hall–Kier alpha value is -1.20. The van der Waals surface area contributed by atoms with E-state index in [1.54, 1.807) is 0 Å². The number of anilines is 1. The van der Waals surface area contributed by atoms with Crippen molar-refractivity contribution in [3.63, 3.8) is 0 Å². The van der Waals surface area contributed by atoms with Gasteiger partial charge in [0.15, 0.2) is 5.82 Å². The molecule has 2 aliphatic carbocycles. The van der Waals surface area contributed by atoms with Gasteiger partial charge in [0, 0.05) is 24.3 Å². The third kappa shape index (κ3) is 2.94. The quantitative estimate of drug-likeness (QED) is 0.617. The molecular formula is C15H24N4O. The van der Waals surface area contributed by atoms with E-state index in [2.05, 4.69) is 10.4 Å². The first-order valence-corrected chi connectivity index (χ1v) is 7.79. The molecule has 0 spiro atoms. The van der Waals surface area contributed by atoms with Crippen molar-refractivity contribution in [3.05, 3.63) is 17.6 Å². The first-order chi connectivity index (χ1) is 9.81. The number of ether oxygens (including phenoxy) is 1. The lowest BCUT2D eigenvalue weighted by Crippen LogP contribution is -2.17. The number of rotatable bonds is 6. The fourth-order valence-corrected chi connectivity index (χ4v) is 3.12. The van der Waals surface area contributed by atoms with Crippen molar-refractivity contribution in [3.8, 4) is 0 Å². The Kier molecular flexibility index (Phi) is 4.17. The van der Waals surface area contributed by atoms with Gasteiger partial charge in [-0.25, -0.2) is 15.8 Å². The molecule has 1 unspecified atom stereocenters. The van der Waals surface area contributed by atoms with E-state index in [1.165, 1.54) is 38.5 Å². The Morgan fingerprint density at radius 1 is 1.30 bits per heavy atom. The molecule has 0 amide bonds. The van der Waals surface area contributed by atoms with E-state index in [0.29, 0.717) is 24.3 Å². The number of hydrogen-bond donors (Lipinski definition) is 2. The zero-order valence-corrected chi connectivity index (χ0v) is 12.1. The van der Waals surface area contributed by atoms with Crippen LogP contribution in [0, 0.1) is 5.92 Å². The molecule has 1 atom stereocenters. The van der Waals surface area contributed by atoms with E-state index in [9.17, 15) is 0 Å². The smallest absolute Gasteiger partial charge is 0.160 e.